The number of rotatable bonds is 3. The van der Waals surface area contributed by atoms with Crippen molar-refractivity contribution in [3.63, 3.8) is 0 Å². The first-order valence-corrected chi connectivity index (χ1v) is 3.56. The maximum atomic E-state index is 5.37. The van der Waals surface area contributed by atoms with Crippen LogP contribution in [0.5, 0.6) is 5.75 Å². The van der Waals surface area contributed by atoms with Crippen LogP contribution in [0.4, 0.5) is 0 Å². The highest BCUT2D eigenvalue weighted by Crippen LogP contribution is 2.09. The van der Waals surface area contributed by atoms with Crippen molar-refractivity contribution in [2.24, 2.45) is 5.73 Å². The van der Waals surface area contributed by atoms with Gasteiger partial charge in [-0.25, -0.2) is 0 Å². The SMILES string of the molecule is COc1ccnc(CCN)c1.Cl.Cl. The van der Waals surface area contributed by atoms with E-state index in [0.29, 0.717) is 6.54 Å². The van der Waals surface area contributed by atoms with Crippen molar-refractivity contribution < 1.29 is 4.74 Å². The van der Waals surface area contributed by atoms with Crippen molar-refractivity contribution in [3.05, 3.63) is 24.0 Å². The predicted octanol–water partition coefficient (Wildman–Crippen LogP) is 1.43. The Morgan fingerprint density at radius 3 is 2.69 bits per heavy atom. The number of nitrogens with zero attached hydrogens (tertiary/aromatic N) is 1. The lowest BCUT2D eigenvalue weighted by Crippen LogP contribution is -2.04. The molecular formula is C8H14Cl2N2O. The van der Waals surface area contributed by atoms with Crippen LogP contribution in [0.25, 0.3) is 0 Å². The Balaban J connectivity index is 0. The van der Waals surface area contributed by atoms with Crippen LogP contribution in [0.15, 0.2) is 18.3 Å². The van der Waals surface area contributed by atoms with Gasteiger partial charge in [0.05, 0.1) is 7.11 Å². The number of pyridine rings is 1. The second-order valence-electron chi connectivity index (χ2n) is 2.23. The van der Waals surface area contributed by atoms with Crippen molar-refractivity contribution in [1.29, 1.82) is 0 Å². The lowest BCUT2D eigenvalue weighted by Gasteiger charge is -2.00. The van der Waals surface area contributed by atoms with Gasteiger partial charge in [-0.05, 0) is 12.6 Å². The highest BCUT2D eigenvalue weighted by Gasteiger charge is 1.94. The smallest absolute Gasteiger partial charge is 0.122 e. The molecule has 0 atom stereocenters. The van der Waals surface area contributed by atoms with E-state index in [9.17, 15) is 0 Å². The average molecular weight is 225 g/mol. The molecule has 0 radical (unpaired) electrons. The fraction of sp³-hybridized carbons (Fsp3) is 0.375. The molecular weight excluding hydrogens is 211 g/mol. The number of hydrogen-bond acceptors (Lipinski definition) is 3. The molecule has 76 valence electrons. The Labute approximate surface area is 90.5 Å². The Hall–Kier alpha value is -0.510. The number of halogens is 2. The molecule has 0 fully saturated rings. The lowest BCUT2D eigenvalue weighted by atomic mass is 10.2. The summed E-state index contributed by atoms with van der Waals surface area (Å²) in [5, 5.41) is 0. The van der Waals surface area contributed by atoms with Crippen LogP contribution in [-0.4, -0.2) is 18.6 Å². The first-order chi connectivity index (χ1) is 5.36. The van der Waals surface area contributed by atoms with Gasteiger partial charge >= 0.3 is 0 Å². The van der Waals surface area contributed by atoms with Crippen molar-refractivity contribution in [3.8, 4) is 5.75 Å². The Morgan fingerprint density at radius 2 is 2.15 bits per heavy atom. The second-order valence-corrected chi connectivity index (χ2v) is 2.23. The van der Waals surface area contributed by atoms with Crippen LogP contribution < -0.4 is 10.5 Å². The van der Waals surface area contributed by atoms with Gasteiger partial charge in [0.15, 0.2) is 0 Å². The van der Waals surface area contributed by atoms with Crippen molar-refractivity contribution in [2.45, 2.75) is 6.42 Å². The van der Waals surface area contributed by atoms with Gasteiger partial charge in [0.1, 0.15) is 5.75 Å². The van der Waals surface area contributed by atoms with E-state index < -0.39 is 0 Å². The molecule has 3 nitrogen and oxygen atoms in total. The van der Waals surface area contributed by atoms with E-state index in [-0.39, 0.29) is 24.8 Å². The van der Waals surface area contributed by atoms with Crippen LogP contribution in [0.3, 0.4) is 0 Å². The summed E-state index contributed by atoms with van der Waals surface area (Å²) in [6, 6.07) is 3.72. The van der Waals surface area contributed by atoms with E-state index in [1.807, 2.05) is 12.1 Å². The van der Waals surface area contributed by atoms with E-state index >= 15 is 0 Å². The standard InChI is InChI=1S/C8H12N2O.2ClH/c1-11-8-3-5-10-7(6-8)2-4-9;;/h3,5-6H,2,4,9H2,1H3;2*1H. The topological polar surface area (TPSA) is 48.1 Å². The van der Waals surface area contributed by atoms with E-state index in [4.69, 9.17) is 10.5 Å². The lowest BCUT2D eigenvalue weighted by molar-refractivity contribution is 0.413. The molecule has 1 aromatic heterocycles. The zero-order valence-corrected chi connectivity index (χ0v) is 9.03. The van der Waals surface area contributed by atoms with Crippen molar-refractivity contribution >= 4 is 24.8 Å². The number of hydrogen-bond donors (Lipinski definition) is 1. The largest absolute Gasteiger partial charge is 0.497 e. The Kier molecular flexibility index (Phi) is 9.34. The summed E-state index contributed by atoms with van der Waals surface area (Å²) in [5.74, 6) is 0.837. The third-order valence-electron chi connectivity index (χ3n) is 1.42. The van der Waals surface area contributed by atoms with Crippen LogP contribution >= 0.6 is 24.8 Å². The number of methoxy groups -OCH3 is 1. The van der Waals surface area contributed by atoms with Gasteiger partial charge in [0, 0.05) is 24.4 Å². The monoisotopic (exact) mass is 224 g/mol. The first kappa shape index (κ1) is 15.0. The quantitative estimate of drug-likeness (QED) is 0.846. The van der Waals surface area contributed by atoms with E-state index in [0.717, 1.165) is 17.9 Å². The van der Waals surface area contributed by atoms with Crippen molar-refractivity contribution in [1.82, 2.24) is 4.98 Å². The maximum absolute atomic E-state index is 5.37. The summed E-state index contributed by atoms with van der Waals surface area (Å²) in [6.07, 6.45) is 2.53. The molecule has 0 aromatic carbocycles. The third kappa shape index (κ3) is 4.93. The number of nitrogens with two attached hydrogens (primary N) is 1. The molecule has 0 spiro atoms. The van der Waals surface area contributed by atoms with E-state index in [2.05, 4.69) is 4.98 Å². The summed E-state index contributed by atoms with van der Waals surface area (Å²) in [4.78, 5) is 4.12. The molecule has 1 rings (SSSR count). The summed E-state index contributed by atoms with van der Waals surface area (Å²) < 4.78 is 5.02. The fourth-order valence-corrected chi connectivity index (χ4v) is 0.868. The molecule has 0 saturated carbocycles. The summed E-state index contributed by atoms with van der Waals surface area (Å²) in [7, 11) is 1.64. The first-order valence-electron chi connectivity index (χ1n) is 3.56. The van der Waals surface area contributed by atoms with Gasteiger partial charge in [-0.2, -0.15) is 0 Å². The minimum absolute atomic E-state index is 0. The number of aromatic nitrogens is 1. The van der Waals surface area contributed by atoms with Gasteiger partial charge in [0.25, 0.3) is 0 Å². The average Bonchev–Trinajstić information content (AvgIpc) is 2.06. The highest BCUT2D eigenvalue weighted by atomic mass is 35.5. The Bertz CT molecular complexity index is 233. The van der Waals surface area contributed by atoms with Crippen molar-refractivity contribution in [2.75, 3.05) is 13.7 Å². The van der Waals surface area contributed by atoms with Gasteiger partial charge in [0.2, 0.25) is 0 Å². The molecule has 1 heterocycles. The van der Waals surface area contributed by atoms with Crippen LogP contribution in [0, 0.1) is 0 Å². The zero-order valence-electron chi connectivity index (χ0n) is 7.40. The molecule has 2 N–H and O–H groups in total. The molecule has 0 bridgehead atoms. The van der Waals surface area contributed by atoms with Crippen LogP contribution in [-0.2, 0) is 6.42 Å². The molecule has 0 unspecified atom stereocenters. The minimum atomic E-state index is 0. The summed E-state index contributed by atoms with van der Waals surface area (Å²) >= 11 is 0. The number of ether oxygens (including phenoxy) is 1. The highest BCUT2D eigenvalue weighted by molar-refractivity contribution is 5.85. The fourth-order valence-electron chi connectivity index (χ4n) is 0.868. The van der Waals surface area contributed by atoms with Gasteiger partial charge < -0.3 is 10.5 Å². The molecule has 0 aliphatic rings. The summed E-state index contributed by atoms with van der Waals surface area (Å²) in [5.41, 5.74) is 6.35. The Morgan fingerprint density at radius 1 is 1.46 bits per heavy atom. The van der Waals surface area contributed by atoms with Gasteiger partial charge in [-0.3, -0.25) is 4.98 Å². The second kappa shape index (κ2) is 8.10. The van der Waals surface area contributed by atoms with Gasteiger partial charge in [-0.1, -0.05) is 0 Å². The molecule has 0 aliphatic carbocycles. The maximum Gasteiger partial charge on any atom is 0.122 e. The molecule has 13 heavy (non-hydrogen) atoms. The molecule has 1 aromatic rings. The normalized spacial score (nSPS) is 8.15. The van der Waals surface area contributed by atoms with E-state index in [1.54, 1.807) is 13.3 Å². The zero-order chi connectivity index (χ0) is 8.10. The molecule has 0 aliphatic heterocycles. The summed E-state index contributed by atoms with van der Waals surface area (Å²) in [6.45, 7) is 0.625. The van der Waals surface area contributed by atoms with Crippen LogP contribution in [0.2, 0.25) is 0 Å². The molecule has 5 heteroatoms. The predicted molar refractivity (Wildman–Crippen MR) is 58.0 cm³/mol. The van der Waals surface area contributed by atoms with E-state index in [1.165, 1.54) is 0 Å². The molecule has 0 saturated heterocycles. The van der Waals surface area contributed by atoms with Gasteiger partial charge in [-0.15, -0.1) is 24.8 Å². The van der Waals surface area contributed by atoms with Crippen LogP contribution in [0.1, 0.15) is 5.69 Å². The molecule has 0 amide bonds. The minimum Gasteiger partial charge on any atom is -0.497 e. The third-order valence-corrected chi connectivity index (χ3v) is 1.42.